The van der Waals surface area contributed by atoms with Crippen molar-refractivity contribution < 1.29 is 29.4 Å². The van der Waals surface area contributed by atoms with Crippen molar-refractivity contribution in [3.63, 3.8) is 0 Å². The predicted octanol–water partition coefficient (Wildman–Crippen LogP) is -2.40. The number of nitrogens with two attached hydrogens (primary N) is 3. The van der Waals surface area contributed by atoms with Crippen LogP contribution in [-0.4, -0.2) is 77.2 Å². The maximum Gasteiger partial charge on any atom is 0.328 e. The lowest BCUT2D eigenvalue weighted by molar-refractivity contribution is -0.143. The molecule has 11 N–H and O–H groups in total. The fraction of sp³-hybridized carbons (Fsp3) is 0.750. The number of hydrogen-bond donors (Lipinski definition) is 8. The summed E-state index contributed by atoms with van der Waals surface area (Å²) in [5, 5.41) is 25.7. The molecule has 0 aliphatic rings. The first-order valence-electron chi connectivity index (χ1n) is 10.9. The van der Waals surface area contributed by atoms with Gasteiger partial charge in [0.1, 0.15) is 18.1 Å². The monoisotopic (exact) mass is 473 g/mol. The fourth-order valence-corrected chi connectivity index (χ4v) is 2.75. The van der Waals surface area contributed by atoms with E-state index in [0.29, 0.717) is 12.8 Å². The van der Waals surface area contributed by atoms with Crippen LogP contribution in [0.4, 0.5) is 0 Å². The van der Waals surface area contributed by atoms with E-state index >= 15 is 0 Å². The number of carbonyl (C=O) groups excluding carboxylic acids is 3. The number of aliphatic hydroxyl groups excluding tert-OH is 1. The first kappa shape index (κ1) is 30.1. The van der Waals surface area contributed by atoms with E-state index in [1.807, 2.05) is 6.92 Å². The number of carbonyl (C=O) groups is 4. The predicted molar refractivity (Wildman–Crippen MR) is 123 cm³/mol. The van der Waals surface area contributed by atoms with Crippen molar-refractivity contribution >= 4 is 29.7 Å². The van der Waals surface area contributed by atoms with E-state index in [0.717, 1.165) is 0 Å². The van der Waals surface area contributed by atoms with Crippen LogP contribution in [-0.2, 0) is 19.2 Å². The lowest BCUT2D eigenvalue weighted by Crippen LogP contribution is -2.59. The van der Waals surface area contributed by atoms with Gasteiger partial charge in [-0.2, -0.15) is 0 Å². The molecular weight excluding hydrogens is 434 g/mol. The zero-order chi connectivity index (χ0) is 25.7. The summed E-state index contributed by atoms with van der Waals surface area (Å²) < 4.78 is 0. The minimum Gasteiger partial charge on any atom is -0.480 e. The Balaban J connectivity index is 5.58. The van der Waals surface area contributed by atoms with Crippen LogP contribution in [0.2, 0.25) is 0 Å². The molecule has 190 valence electrons. The molecule has 0 spiro atoms. The summed E-state index contributed by atoms with van der Waals surface area (Å²) in [6.07, 6.45) is 0.937. The third-order valence-corrected chi connectivity index (χ3v) is 5.19. The molecule has 0 fully saturated rings. The Morgan fingerprint density at radius 1 is 0.939 bits per heavy atom. The number of nitrogens with zero attached hydrogens (tertiary/aromatic N) is 1. The van der Waals surface area contributed by atoms with Crippen molar-refractivity contribution in [1.82, 2.24) is 16.0 Å². The Bertz CT molecular complexity index is 696. The lowest BCUT2D eigenvalue weighted by Gasteiger charge is -2.28. The van der Waals surface area contributed by atoms with Crippen LogP contribution in [0.25, 0.3) is 0 Å². The molecule has 0 heterocycles. The van der Waals surface area contributed by atoms with E-state index in [1.165, 1.54) is 0 Å². The first-order chi connectivity index (χ1) is 15.3. The standard InChI is InChI=1S/C20H39N7O6/c1-5-11(4)15(27-17(30)14(21)10(2)3)18(31)25-12(7-6-8-24-20(22)23)16(29)26-13(9-28)19(32)33/h10-15,28H,5-9,21H2,1-4H3,(H,25,31)(H,26,29)(H,27,30)(H,32,33)(H4,22,23,24). The lowest BCUT2D eigenvalue weighted by atomic mass is 9.96. The normalized spacial score (nSPS) is 15.5. The zero-order valence-corrected chi connectivity index (χ0v) is 19.7. The van der Waals surface area contributed by atoms with Gasteiger partial charge >= 0.3 is 5.97 Å². The summed E-state index contributed by atoms with van der Waals surface area (Å²) in [4.78, 5) is 53.1. The first-order valence-corrected chi connectivity index (χ1v) is 10.9. The number of carboxylic acid groups (broad SMARTS) is 1. The number of nitrogens with one attached hydrogen (secondary N) is 3. The van der Waals surface area contributed by atoms with Crippen LogP contribution < -0.4 is 33.2 Å². The zero-order valence-electron chi connectivity index (χ0n) is 19.7. The smallest absolute Gasteiger partial charge is 0.328 e. The number of hydrogen-bond acceptors (Lipinski definition) is 7. The van der Waals surface area contributed by atoms with Crippen molar-refractivity contribution in [2.45, 2.75) is 71.1 Å². The number of rotatable bonds is 15. The quantitative estimate of drug-likeness (QED) is 0.0717. The van der Waals surface area contributed by atoms with Crippen molar-refractivity contribution in [3.05, 3.63) is 0 Å². The third kappa shape index (κ3) is 11.0. The van der Waals surface area contributed by atoms with Gasteiger partial charge in [0, 0.05) is 6.54 Å². The Hall–Kier alpha value is -2.93. The second-order valence-electron chi connectivity index (χ2n) is 8.23. The van der Waals surface area contributed by atoms with Crippen LogP contribution >= 0.6 is 0 Å². The number of carboxylic acids is 1. The Labute approximate surface area is 193 Å². The molecule has 0 bridgehead atoms. The minimum absolute atomic E-state index is 0.0821. The highest BCUT2D eigenvalue weighted by Crippen LogP contribution is 2.11. The van der Waals surface area contributed by atoms with Gasteiger partial charge in [0.2, 0.25) is 17.7 Å². The molecule has 13 heteroatoms. The Morgan fingerprint density at radius 2 is 1.52 bits per heavy atom. The van der Waals surface area contributed by atoms with Crippen LogP contribution in [0.15, 0.2) is 4.99 Å². The molecule has 0 aromatic heterocycles. The highest BCUT2D eigenvalue weighted by atomic mass is 16.4. The summed E-state index contributed by atoms with van der Waals surface area (Å²) in [5.41, 5.74) is 16.4. The average Bonchev–Trinajstić information content (AvgIpc) is 2.75. The van der Waals surface area contributed by atoms with Crippen LogP contribution in [0.1, 0.15) is 47.0 Å². The van der Waals surface area contributed by atoms with Gasteiger partial charge in [0.05, 0.1) is 12.6 Å². The molecule has 0 saturated carbocycles. The molecule has 0 radical (unpaired) electrons. The SMILES string of the molecule is CCC(C)C(NC(=O)C(N)C(C)C)C(=O)NC(CCCN=C(N)N)C(=O)NC(CO)C(=O)O. The van der Waals surface area contributed by atoms with Gasteiger partial charge in [-0.1, -0.05) is 34.1 Å². The number of aliphatic carboxylic acids is 1. The van der Waals surface area contributed by atoms with Gasteiger partial charge in [-0.3, -0.25) is 19.4 Å². The summed E-state index contributed by atoms with van der Waals surface area (Å²) in [5.74, 6) is -3.90. The molecule has 33 heavy (non-hydrogen) atoms. The van der Waals surface area contributed by atoms with Gasteiger partial charge in [-0.15, -0.1) is 0 Å². The summed E-state index contributed by atoms with van der Waals surface area (Å²) in [6.45, 7) is 6.52. The molecule has 5 unspecified atom stereocenters. The maximum absolute atomic E-state index is 13.0. The number of aliphatic hydroxyl groups is 1. The van der Waals surface area contributed by atoms with Crippen LogP contribution in [0.3, 0.4) is 0 Å². The van der Waals surface area contributed by atoms with Gasteiger partial charge in [0.15, 0.2) is 5.96 Å². The minimum atomic E-state index is -1.54. The Morgan fingerprint density at radius 3 is 1.97 bits per heavy atom. The summed E-state index contributed by atoms with van der Waals surface area (Å²) in [7, 11) is 0. The van der Waals surface area contributed by atoms with Gasteiger partial charge in [-0.05, 0) is 24.7 Å². The van der Waals surface area contributed by atoms with Crippen molar-refractivity contribution in [2.24, 2.45) is 34.0 Å². The van der Waals surface area contributed by atoms with E-state index in [-0.39, 0.29) is 30.8 Å². The van der Waals surface area contributed by atoms with E-state index in [9.17, 15) is 24.3 Å². The molecule has 0 aliphatic heterocycles. The average molecular weight is 474 g/mol. The molecule has 13 nitrogen and oxygen atoms in total. The number of aliphatic imine (C=N–C) groups is 1. The van der Waals surface area contributed by atoms with Crippen molar-refractivity contribution in [2.75, 3.05) is 13.2 Å². The summed E-state index contributed by atoms with van der Waals surface area (Å²) >= 11 is 0. The van der Waals surface area contributed by atoms with E-state index in [1.54, 1.807) is 20.8 Å². The highest BCUT2D eigenvalue weighted by Gasteiger charge is 2.32. The number of guanidine groups is 1. The highest BCUT2D eigenvalue weighted by molar-refractivity contribution is 5.94. The topological polar surface area (TPSA) is 235 Å². The second-order valence-corrected chi connectivity index (χ2v) is 8.23. The third-order valence-electron chi connectivity index (χ3n) is 5.19. The van der Waals surface area contributed by atoms with Gasteiger partial charge < -0.3 is 43.4 Å². The van der Waals surface area contributed by atoms with E-state index in [2.05, 4.69) is 20.9 Å². The fourth-order valence-electron chi connectivity index (χ4n) is 2.75. The molecule has 0 saturated heterocycles. The van der Waals surface area contributed by atoms with E-state index in [4.69, 9.17) is 22.3 Å². The molecular formula is C20H39N7O6. The van der Waals surface area contributed by atoms with Crippen molar-refractivity contribution in [3.8, 4) is 0 Å². The Kier molecular flexibility index (Phi) is 13.7. The van der Waals surface area contributed by atoms with E-state index < -0.39 is 54.5 Å². The molecule has 5 atom stereocenters. The maximum atomic E-state index is 13.0. The van der Waals surface area contributed by atoms with Crippen molar-refractivity contribution in [1.29, 1.82) is 0 Å². The van der Waals surface area contributed by atoms with Gasteiger partial charge in [-0.25, -0.2) is 4.79 Å². The molecule has 0 rings (SSSR count). The summed E-state index contributed by atoms with van der Waals surface area (Å²) in [6, 6.07) is -4.47. The molecule has 3 amide bonds. The molecule has 0 aromatic carbocycles. The van der Waals surface area contributed by atoms with Crippen LogP contribution in [0.5, 0.6) is 0 Å². The largest absolute Gasteiger partial charge is 0.480 e. The molecule has 0 aromatic rings. The van der Waals surface area contributed by atoms with Gasteiger partial charge in [0.25, 0.3) is 0 Å². The second kappa shape index (κ2) is 15.0. The van der Waals surface area contributed by atoms with Crippen LogP contribution in [0, 0.1) is 11.8 Å². The number of amides is 3. The molecule has 0 aliphatic carbocycles.